The predicted octanol–water partition coefficient (Wildman–Crippen LogP) is 6.32. The van der Waals surface area contributed by atoms with Gasteiger partial charge >= 0.3 is 0 Å². The molecule has 0 N–H and O–H groups in total. The molecule has 3 atom stereocenters. The summed E-state index contributed by atoms with van der Waals surface area (Å²) in [5, 5.41) is 0.841. The standard InChI is InChI=1S/C30H29FN4O2/c1-17-23-13-12-21-27(30(23,2)15-25(32-3)26(17)36)34-28(35-29(21)37-19-8-4-5-9-19)22-14-18(16-31)33-24-11-7-6-10-20(22)24/h6-7,10-11,14-15,17,19,23H,4-5,8-9,12-13,16H2,1-2H3/t17-,23-,30-/m1/s1. The van der Waals surface area contributed by atoms with Gasteiger partial charge in [0.2, 0.25) is 11.6 Å². The Morgan fingerprint density at radius 3 is 2.70 bits per heavy atom. The van der Waals surface area contributed by atoms with Crippen LogP contribution >= 0.6 is 0 Å². The van der Waals surface area contributed by atoms with Crippen LogP contribution in [0.25, 0.3) is 27.1 Å². The molecule has 0 unspecified atom stereocenters. The van der Waals surface area contributed by atoms with Crippen LogP contribution in [0.2, 0.25) is 0 Å². The second-order valence-corrected chi connectivity index (χ2v) is 10.7. The van der Waals surface area contributed by atoms with E-state index >= 15 is 0 Å². The van der Waals surface area contributed by atoms with Crippen LogP contribution in [0.15, 0.2) is 42.1 Å². The summed E-state index contributed by atoms with van der Waals surface area (Å²) in [5.41, 5.74) is 3.04. The van der Waals surface area contributed by atoms with Crippen LogP contribution in [-0.4, -0.2) is 26.8 Å². The molecule has 1 aromatic carbocycles. The number of pyridine rings is 1. The lowest BCUT2D eigenvalue weighted by Crippen LogP contribution is -2.46. The highest BCUT2D eigenvalue weighted by Gasteiger charge is 2.50. The van der Waals surface area contributed by atoms with Crippen LogP contribution in [0.1, 0.15) is 62.9 Å². The van der Waals surface area contributed by atoms with Gasteiger partial charge in [-0.15, -0.1) is 0 Å². The number of para-hydroxylation sites is 1. The first kappa shape index (κ1) is 23.7. The van der Waals surface area contributed by atoms with E-state index < -0.39 is 12.1 Å². The number of Topliss-reactive ketones (excluding diaryl/α,β-unsaturated/α-hetero) is 1. The van der Waals surface area contributed by atoms with Gasteiger partial charge in [0.25, 0.3) is 0 Å². The molecule has 0 spiro atoms. The zero-order valence-electron chi connectivity index (χ0n) is 21.1. The summed E-state index contributed by atoms with van der Waals surface area (Å²) < 4.78 is 20.4. The minimum atomic E-state index is -0.690. The Balaban J connectivity index is 1.61. The molecular weight excluding hydrogens is 467 g/mol. The number of ketones is 1. The van der Waals surface area contributed by atoms with Gasteiger partial charge in [-0.25, -0.2) is 19.2 Å². The minimum Gasteiger partial charge on any atom is -0.474 e. The number of carbonyl (C=O) groups is 1. The van der Waals surface area contributed by atoms with E-state index in [0.29, 0.717) is 34.9 Å². The van der Waals surface area contributed by atoms with E-state index in [4.69, 9.17) is 21.3 Å². The highest BCUT2D eigenvalue weighted by atomic mass is 19.1. The molecule has 37 heavy (non-hydrogen) atoms. The van der Waals surface area contributed by atoms with Crippen molar-refractivity contribution >= 4 is 16.7 Å². The second kappa shape index (κ2) is 9.02. The van der Waals surface area contributed by atoms with E-state index in [-0.39, 0.29) is 29.4 Å². The summed E-state index contributed by atoms with van der Waals surface area (Å²) in [6, 6.07) is 9.34. The average Bonchev–Trinajstić information content (AvgIpc) is 3.43. The van der Waals surface area contributed by atoms with E-state index in [1.807, 2.05) is 37.3 Å². The molecule has 188 valence electrons. The Morgan fingerprint density at radius 2 is 1.95 bits per heavy atom. The molecule has 7 heteroatoms. The number of hydrogen-bond acceptors (Lipinski definition) is 5. The van der Waals surface area contributed by atoms with Gasteiger partial charge in [0.1, 0.15) is 12.8 Å². The Morgan fingerprint density at radius 1 is 1.16 bits per heavy atom. The van der Waals surface area contributed by atoms with E-state index in [1.165, 1.54) is 0 Å². The zero-order valence-corrected chi connectivity index (χ0v) is 21.1. The van der Waals surface area contributed by atoms with Crippen molar-refractivity contribution in [3.63, 3.8) is 0 Å². The maximum Gasteiger partial charge on any atom is 0.226 e. The van der Waals surface area contributed by atoms with Crippen LogP contribution < -0.4 is 4.74 Å². The van der Waals surface area contributed by atoms with Crippen molar-refractivity contribution in [2.24, 2.45) is 11.8 Å². The van der Waals surface area contributed by atoms with Gasteiger partial charge in [-0.1, -0.05) is 38.1 Å². The number of benzene rings is 1. The molecule has 1 saturated carbocycles. The van der Waals surface area contributed by atoms with Crippen molar-refractivity contribution in [1.29, 1.82) is 0 Å². The lowest BCUT2D eigenvalue weighted by atomic mass is 9.58. The quantitative estimate of drug-likeness (QED) is 0.395. The Kier molecular flexibility index (Phi) is 5.78. The zero-order chi connectivity index (χ0) is 25.7. The Labute approximate surface area is 215 Å². The first-order valence-electron chi connectivity index (χ1n) is 13.1. The number of aromatic nitrogens is 3. The Hall–Kier alpha value is -3.66. The molecule has 0 radical (unpaired) electrons. The lowest BCUT2D eigenvalue weighted by Gasteiger charge is -2.46. The summed E-state index contributed by atoms with van der Waals surface area (Å²) in [6.07, 6.45) is 7.69. The van der Waals surface area contributed by atoms with E-state index in [9.17, 15) is 9.18 Å². The largest absolute Gasteiger partial charge is 0.474 e. The Bertz CT molecular complexity index is 1490. The maximum atomic E-state index is 13.8. The summed E-state index contributed by atoms with van der Waals surface area (Å²) in [6.45, 7) is 11.0. The number of nitrogens with zero attached hydrogens (tertiary/aromatic N) is 4. The van der Waals surface area contributed by atoms with Crippen LogP contribution in [0.4, 0.5) is 4.39 Å². The molecule has 0 saturated heterocycles. The number of alkyl halides is 1. The molecule has 2 heterocycles. The third kappa shape index (κ3) is 3.81. The highest BCUT2D eigenvalue weighted by Crippen LogP contribution is 2.51. The van der Waals surface area contributed by atoms with Gasteiger partial charge in [-0.05, 0) is 56.6 Å². The van der Waals surface area contributed by atoms with Gasteiger partial charge in [0.05, 0.1) is 23.5 Å². The molecule has 3 aliphatic carbocycles. The summed E-state index contributed by atoms with van der Waals surface area (Å²) in [5.74, 6) is 0.701. The normalized spacial score (nSPS) is 25.4. The molecule has 6 rings (SSSR count). The fraction of sp³-hybridized carbons (Fsp3) is 0.433. The fourth-order valence-electron chi connectivity index (χ4n) is 6.58. The van der Waals surface area contributed by atoms with Crippen molar-refractivity contribution in [2.75, 3.05) is 0 Å². The lowest BCUT2D eigenvalue weighted by molar-refractivity contribution is -0.121. The molecule has 0 aliphatic heterocycles. The molecule has 0 amide bonds. The number of fused-ring (bicyclic) bond motifs is 4. The van der Waals surface area contributed by atoms with Crippen molar-refractivity contribution in [3.05, 3.63) is 70.5 Å². The number of halogens is 1. The third-order valence-electron chi connectivity index (χ3n) is 8.51. The second-order valence-electron chi connectivity index (χ2n) is 10.7. The molecule has 0 bridgehead atoms. The third-order valence-corrected chi connectivity index (χ3v) is 8.51. The van der Waals surface area contributed by atoms with Crippen LogP contribution in [0.5, 0.6) is 5.88 Å². The average molecular weight is 497 g/mol. The number of carbonyl (C=O) groups excluding carboxylic acids is 1. The van der Waals surface area contributed by atoms with Gasteiger partial charge in [0, 0.05) is 27.8 Å². The van der Waals surface area contributed by atoms with Crippen molar-refractivity contribution < 1.29 is 13.9 Å². The molecule has 1 fully saturated rings. The molecule has 2 aromatic heterocycles. The van der Waals surface area contributed by atoms with Crippen LogP contribution in [0, 0.1) is 18.4 Å². The first-order chi connectivity index (χ1) is 17.9. The number of allylic oxidation sites excluding steroid dienone is 2. The van der Waals surface area contributed by atoms with Crippen LogP contribution in [0.3, 0.4) is 0 Å². The van der Waals surface area contributed by atoms with Gasteiger partial charge in [0.15, 0.2) is 11.6 Å². The first-order valence-corrected chi connectivity index (χ1v) is 13.1. The highest BCUT2D eigenvalue weighted by molar-refractivity contribution is 6.00. The molecule has 3 aliphatic rings. The SMILES string of the molecule is [C-]#[N+]C1=C[C@@]2(C)c3nc(-c4cc(CF)nc5ccccc45)nc(OC4CCCC4)c3CC[C@@H]2[C@@H](C)C1=O. The van der Waals surface area contributed by atoms with Crippen molar-refractivity contribution in [3.8, 4) is 17.3 Å². The number of hydrogen-bond donors (Lipinski definition) is 0. The maximum absolute atomic E-state index is 13.8. The van der Waals surface area contributed by atoms with Crippen molar-refractivity contribution in [2.45, 2.75) is 70.6 Å². The van der Waals surface area contributed by atoms with Gasteiger partial charge in [-0.3, -0.25) is 0 Å². The topological polar surface area (TPSA) is 69.3 Å². The summed E-state index contributed by atoms with van der Waals surface area (Å²) in [7, 11) is 0. The van der Waals surface area contributed by atoms with E-state index in [1.54, 1.807) is 6.07 Å². The summed E-state index contributed by atoms with van der Waals surface area (Å²) in [4.78, 5) is 31.0. The van der Waals surface area contributed by atoms with Gasteiger partial charge in [-0.2, -0.15) is 4.98 Å². The molecule has 6 nitrogen and oxygen atoms in total. The van der Waals surface area contributed by atoms with E-state index in [0.717, 1.165) is 48.7 Å². The monoisotopic (exact) mass is 496 g/mol. The van der Waals surface area contributed by atoms with Gasteiger partial charge < -0.3 is 9.53 Å². The minimum absolute atomic E-state index is 0.0238. The molecular formula is C30H29FN4O2. The fourth-order valence-corrected chi connectivity index (χ4v) is 6.58. The smallest absolute Gasteiger partial charge is 0.226 e. The summed E-state index contributed by atoms with van der Waals surface area (Å²) >= 11 is 0. The van der Waals surface area contributed by atoms with Crippen LogP contribution in [-0.2, 0) is 23.3 Å². The number of rotatable bonds is 4. The van der Waals surface area contributed by atoms with E-state index in [2.05, 4.69) is 16.8 Å². The van der Waals surface area contributed by atoms with Crippen molar-refractivity contribution in [1.82, 2.24) is 15.0 Å². The number of ether oxygens (including phenoxy) is 1. The molecule has 3 aromatic rings. The predicted molar refractivity (Wildman–Crippen MR) is 138 cm³/mol.